The highest BCUT2D eigenvalue weighted by atomic mass is 79.9. The third-order valence-electron chi connectivity index (χ3n) is 3.30. The lowest BCUT2D eigenvalue weighted by atomic mass is 9.86. The van der Waals surface area contributed by atoms with Crippen LogP contribution in [0, 0.1) is 5.41 Å². The Morgan fingerprint density at radius 3 is 2.50 bits per heavy atom. The highest BCUT2D eigenvalue weighted by molar-refractivity contribution is 9.09. The summed E-state index contributed by atoms with van der Waals surface area (Å²) < 4.78 is 5.33. The summed E-state index contributed by atoms with van der Waals surface area (Å²) in [6.07, 6.45) is -1.16. The Bertz CT molecular complexity index is 389. The van der Waals surface area contributed by atoms with Gasteiger partial charge in [0, 0.05) is 28.3 Å². The van der Waals surface area contributed by atoms with Crippen LogP contribution < -0.4 is 0 Å². The molecule has 0 bridgehead atoms. The molecule has 0 aliphatic carbocycles. The Hall–Kier alpha value is -0.780. The van der Waals surface area contributed by atoms with Gasteiger partial charge in [-0.2, -0.15) is 0 Å². The number of hydrogen-bond donors (Lipinski definition) is 0. The fourth-order valence-electron chi connectivity index (χ4n) is 2.40. The van der Waals surface area contributed by atoms with Gasteiger partial charge in [0.2, 0.25) is 0 Å². The van der Waals surface area contributed by atoms with E-state index in [-0.39, 0.29) is 5.91 Å². The molecule has 0 aromatic carbocycles. The number of amides is 1. The molecule has 102 valence electrons. The van der Waals surface area contributed by atoms with Crippen LogP contribution in [0.3, 0.4) is 0 Å². The molecule has 6 nitrogen and oxygen atoms in total. The van der Waals surface area contributed by atoms with E-state index in [9.17, 15) is 4.79 Å². The zero-order valence-corrected chi connectivity index (χ0v) is 12.9. The van der Waals surface area contributed by atoms with Gasteiger partial charge in [-0.05, 0) is 26.3 Å². The van der Waals surface area contributed by atoms with Gasteiger partial charge >= 0.3 is 0 Å². The molecule has 1 saturated heterocycles. The molecule has 1 aliphatic rings. The van der Waals surface area contributed by atoms with Gasteiger partial charge in [-0.3, -0.25) is 4.79 Å². The van der Waals surface area contributed by atoms with Crippen LogP contribution >= 0.6 is 15.9 Å². The molecule has 1 amide bonds. The number of azide groups is 1. The SMILES string of the molecule is CO[C@H]1C(=O)N(C(C)(C)C)[C@H](N=[N+]=[N-])[C@]1(C)CBr. The fourth-order valence-corrected chi connectivity index (χ4v) is 2.98. The quantitative estimate of drug-likeness (QED) is 0.347. The molecule has 1 rings (SSSR count). The summed E-state index contributed by atoms with van der Waals surface area (Å²) in [6, 6.07) is 0. The number of carbonyl (C=O) groups is 1. The van der Waals surface area contributed by atoms with E-state index in [0.29, 0.717) is 5.33 Å². The predicted molar refractivity (Wildman–Crippen MR) is 72.2 cm³/mol. The van der Waals surface area contributed by atoms with Crippen molar-refractivity contribution in [2.45, 2.75) is 45.5 Å². The van der Waals surface area contributed by atoms with Crippen LogP contribution in [0.4, 0.5) is 0 Å². The summed E-state index contributed by atoms with van der Waals surface area (Å²) in [6.45, 7) is 7.63. The number of methoxy groups -OCH3 is 1. The zero-order valence-electron chi connectivity index (χ0n) is 11.3. The minimum absolute atomic E-state index is 0.135. The summed E-state index contributed by atoms with van der Waals surface area (Å²) >= 11 is 3.40. The van der Waals surface area contributed by atoms with Crippen LogP contribution in [0.1, 0.15) is 27.7 Å². The van der Waals surface area contributed by atoms with E-state index < -0.39 is 23.2 Å². The maximum atomic E-state index is 12.4. The molecule has 0 N–H and O–H groups in total. The fraction of sp³-hybridized carbons (Fsp3) is 0.909. The second kappa shape index (κ2) is 5.07. The van der Waals surface area contributed by atoms with Crippen molar-refractivity contribution in [2.75, 3.05) is 12.4 Å². The largest absolute Gasteiger partial charge is 0.371 e. The molecule has 1 fully saturated rings. The van der Waals surface area contributed by atoms with Crippen molar-refractivity contribution in [3.05, 3.63) is 10.4 Å². The lowest BCUT2D eigenvalue weighted by Crippen LogP contribution is -2.49. The van der Waals surface area contributed by atoms with Crippen LogP contribution in [0.5, 0.6) is 0 Å². The van der Waals surface area contributed by atoms with Gasteiger partial charge in [-0.15, -0.1) is 0 Å². The number of likely N-dealkylation sites (tertiary alicyclic amines) is 1. The van der Waals surface area contributed by atoms with Crippen LogP contribution in [-0.4, -0.2) is 41.1 Å². The molecule has 0 unspecified atom stereocenters. The molecule has 1 aliphatic heterocycles. The van der Waals surface area contributed by atoms with Crippen LogP contribution in [0.15, 0.2) is 5.11 Å². The van der Waals surface area contributed by atoms with E-state index in [1.165, 1.54) is 7.11 Å². The maximum absolute atomic E-state index is 12.4. The zero-order chi connectivity index (χ0) is 14.1. The standard InChI is InChI=1S/C11H19BrN4O2/c1-10(2,3)16-8(17)7(18-5)11(4,6-12)9(16)14-15-13/h7,9H,6H2,1-5H3/t7-,9-,11+/m0/s1. The molecule has 18 heavy (non-hydrogen) atoms. The van der Waals surface area contributed by atoms with Gasteiger partial charge in [0.05, 0.1) is 0 Å². The number of ether oxygens (including phenoxy) is 1. The molecule has 3 atom stereocenters. The molecule has 0 saturated carbocycles. The second-order valence-corrected chi connectivity index (χ2v) is 6.27. The van der Waals surface area contributed by atoms with Gasteiger partial charge in [0.1, 0.15) is 12.3 Å². The van der Waals surface area contributed by atoms with Gasteiger partial charge in [0.25, 0.3) is 5.91 Å². The van der Waals surface area contributed by atoms with Gasteiger partial charge in [-0.1, -0.05) is 28.0 Å². The summed E-state index contributed by atoms with van der Waals surface area (Å²) in [5.41, 5.74) is 7.75. The lowest BCUT2D eigenvalue weighted by molar-refractivity contribution is -0.141. The van der Waals surface area contributed by atoms with Crippen molar-refractivity contribution >= 4 is 21.8 Å². The topological polar surface area (TPSA) is 78.3 Å². The summed E-state index contributed by atoms with van der Waals surface area (Å²) in [4.78, 5) is 16.9. The van der Waals surface area contributed by atoms with Gasteiger partial charge in [0.15, 0.2) is 0 Å². The number of halogens is 1. The average molecular weight is 319 g/mol. The molecule has 7 heteroatoms. The molecule has 0 aromatic heterocycles. The Kier molecular flexibility index (Phi) is 4.30. The normalized spacial score (nSPS) is 32.6. The van der Waals surface area contributed by atoms with Gasteiger partial charge in [-0.25, -0.2) is 0 Å². The Balaban J connectivity index is 3.36. The van der Waals surface area contributed by atoms with Crippen LogP contribution in [-0.2, 0) is 9.53 Å². The van der Waals surface area contributed by atoms with Crippen molar-refractivity contribution in [3.63, 3.8) is 0 Å². The summed E-state index contributed by atoms with van der Waals surface area (Å²) in [7, 11) is 1.50. The Labute approximate surface area is 115 Å². The molecule has 1 heterocycles. The number of nitrogens with zero attached hydrogens (tertiary/aromatic N) is 4. The molecular formula is C11H19BrN4O2. The van der Waals surface area contributed by atoms with Gasteiger partial charge < -0.3 is 9.64 Å². The van der Waals surface area contributed by atoms with Crippen molar-refractivity contribution in [1.82, 2.24) is 4.90 Å². The van der Waals surface area contributed by atoms with E-state index in [1.807, 2.05) is 27.7 Å². The van der Waals surface area contributed by atoms with E-state index in [2.05, 4.69) is 26.0 Å². The molecule has 0 radical (unpaired) electrons. The third-order valence-corrected chi connectivity index (χ3v) is 4.51. The Morgan fingerprint density at radius 1 is 1.61 bits per heavy atom. The maximum Gasteiger partial charge on any atom is 0.253 e. The average Bonchev–Trinajstić information content (AvgIpc) is 2.48. The highest BCUT2D eigenvalue weighted by Gasteiger charge is 2.58. The first-order valence-electron chi connectivity index (χ1n) is 5.70. The first-order valence-corrected chi connectivity index (χ1v) is 6.82. The summed E-state index contributed by atoms with van der Waals surface area (Å²) in [5.74, 6) is -0.135. The number of carbonyl (C=O) groups excluding carboxylic acids is 1. The molecule has 0 aromatic rings. The van der Waals surface area contributed by atoms with Crippen molar-refractivity contribution in [1.29, 1.82) is 0 Å². The van der Waals surface area contributed by atoms with Crippen molar-refractivity contribution in [3.8, 4) is 0 Å². The summed E-state index contributed by atoms with van der Waals surface area (Å²) in [5, 5.41) is 4.33. The van der Waals surface area contributed by atoms with Crippen molar-refractivity contribution in [2.24, 2.45) is 10.5 Å². The number of hydrogen-bond acceptors (Lipinski definition) is 3. The van der Waals surface area contributed by atoms with Crippen LogP contribution in [0.25, 0.3) is 10.4 Å². The monoisotopic (exact) mass is 318 g/mol. The second-order valence-electron chi connectivity index (χ2n) is 5.71. The minimum atomic E-state index is -0.605. The first-order chi connectivity index (χ1) is 8.23. The van der Waals surface area contributed by atoms with E-state index in [4.69, 9.17) is 10.3 Å². The van der Waals surface area contributed by atoms with Crippen LogP contribution in [0.2, 0.25) is 0 Å². The van der Waals surface area contributed by atoms with E-state index in [0.717, 1.165) is 0 Å². The number of alkyl halides is 1. The van der Waals surface area contributed by atoms with E-state index in [1.54, 1.807) is 4.90 Å². The smallest absolute Gasteiger partial charge is 0.253 e. The highest BCUT2D eigenvalue weighted by Crippen LogP contribution is 2.44. The number of rotatable bonds is 3. The Morgan fingerprint density at radius 2 is 2.17 bits per heavy atom. The molecular weight excluding hydrogens is 300 g/mol. The predicted octanol–water partition coefficient (Wildman–Crippen LogP) is 2.68. The molecule has 0 spiro atoms. The third kappa shape index (κ3) is 2.22. The van der Waals surface area contributed by atoms with E-state index >= 15 is 0 Å². The minimum Gasteiger partial charge on any atom is -0.371 e. The first kappa shape index (κ1) is 15.3. The van der Waals surface area contributed by atoms with Crippen molar-refractivity contribution < 1.29 is 9.53 Å². The lowest BCUT2D eigenvalue weighted by Gasteiger charge is -2.38.